The number of carbonyl (C=O) groups excluding carboxylic acids is 1. The number of ether oxygens (including phenoxy) is 1. The molecule has 1 amide bonds. The number of halogens is 1. The maximum absolute atomic E-state index is 12.1. The molecule has 1 aliphatic rings. The topological polar surface area (TPSA) is 56.2 Å². The van der Waals surface area contributed by atoms with Crippen LogP contribution in [-0.4, -0.2) is 21.7 Å². The first kappa shape index (κ1) is 14.9. The predicted molar refractivity (Wildman–Crippen MR) is 84.0 cm³/mol. The number of nitrogens with one attached hydrogen (secondary N) is 1. The minimum absolute atomic E-state index is 0.122. The van der Waals surface area contributed by atoms with E-state index in [0.29, 0.717) is 16.5 Å². The fraction of sp³-hybridized carbons (Fsp3) is 0.375. The Hall–Kier alpha value is -2.01. The summed E-state index contributed by atoms with van der Waals surface area (Å²) in [4.78, 5) is 12.1. The molecule has 1 aliphatic carbocycles. The molecule has 22 heavy (non-hydrogen) atoms. The highest BCUT2D eigenvalue weighted by molar-refractivity contribution is 6.32. The van der Waals surface area contributed by atoms with Crippen molar-refractivity contribution in [1.82, 2.24) is 15.1 Å². The Morgan fingerprint density at radius 3 is 2.86 bits per heavy atom. The van der Waals surface area contributed by atoms with Gasteiger partial charge in [0.25, 0.3) is 5.91 Å². The molecule has 1 heterocycles. The van der Waals surface area contributed by atoms with E-state index >= 15 is 0 Å². The van der Waals surface area contributed by atoms with Crippen LogP contribution in [0.3, 0.4) is 0 Å². The highest BCUT2D eigenvalue weighted by Crippen LogP contribution is 2.23. The van der Waals surface area contributed by atoms with Crippen LogP contribution in [0.1, 0.15) is 36.2 Å². The maximum atomic E-state index is 12.1. The van der Waals surface area contributed by atoms with Crippen LogP contribution in [0, 0.1) is 0 Å². The van der Waals surface area contributed by atoms with Gasteiger partial charge < -0.3 is 10.1 Å². The number of hydrogen-bond donors (Lipinski definition) is 1. The quantitative estimate of drug-likeness (QED) is 0.920. The van der Waals surface area contributed by atoms with Crippen molar-refractivity contribution in [2.24, 2.45) is 0 Å². The van der Waals surface area contributed by atoms with Gasteiger partial charge in [0.05, 0.1) is 5.02 Å². The molecule has 1 saturated carbocycles. The average Bonchev–Trinajstić information content (AvgIpc) is 3.18. The SMILES string of the molecule is O=C(NC1CCCC1)c1ccn(COc2ccccc2Cl)n1. The van der Waals surface area contributed by atoms with Crippen molar-refractivity contribution in [3.63, 3.8) is 0 Å². The number of amides is 1. The lowest BCUT2D eigenvalue weighted by molar-refractivity contribution is 0.0930. The second-order valence-corrected chi connectivity index (χ2v) is 5.81. The fourth-order valence-corrected chi connectivity index (χ4v) is 2.77. The fourth-order valence-electron chi connectivity index (χ4n) is 2.58. The molecule has 1 N–H and O–H groups in total. The number of para-hydroxylation sites is 1. The summed E-state index contributed by atoms with van der Waals surface area (Å²) in [7, 11) is 0. The van der Waals surface area contributed by atoms with Crippen molar-refractivity contribution in [1.29, 1.82) is 0 Å². The van der Waals surface area contributed by atoms with Crippen molar-refractivity contribution in [2.75, 3.05) is 0 Å². The van der Waals surface area contributed by atoms with Gasteiger partial charge in [0.15, 0.2) is 6.73 Å². The normalized spacial score (nSPS) is 15.0. The average molecular weight is 320 g/mol. The van der Waals surface area contributed by atoms with E-state index in [-0.39, 0.29) is 18.7 Å². The molecule has 0 spiro atoms. The van der Waals surface area contributed by atoms with E-state index in [1.54, 1.807) is 29.1 Å². The number of carbonyl (C=O) groups is 1. The summed E-state index contributed by atoms with van der Waals surface area (Å²) in [5, 5.41) is 7.80. The van der Waals surface area contributed by atoms with Crippen LogP contribution in [-0.2, 0) is 6.73 Å². The third kappa shape index (κ3) is 3.60. The molecule has 0 saturated heterocycles. The van der Waals surface area contributed by atoms with Crippen molar-refractivity contribution >= 4 is 17.5 Å². The summed E-state index contributed by atoms with van der Waals surface area (Å²) < 4.78 is 7.16. The van der Waals surface area contributed by atoms with E-state index in [0.717, 1.165) is 12.8 Å². The standard InChI is InChI=1S/C16H18ClN3O2/c17-13-7-3-4-8-15(13)22-11-20-10-9-14(19-20)16(21)18-12-5-1-2-6-12/h3-4,7-10,12H,1-2,5-6,11H2,(H,18,21). The monoisotopic (exact) mass is 319 g/mol. The molecular weight excluding hydrogens is 302 g/mol. The minimum atomic E-state index is -0.122. The van der Waals surface area contributed by atoms with E-state index in [1.165, 1.54) is 12.8 Å². The second-order valence-electron chi connectivity index (χ2n) is 5.40. The van der Waals surface area contributed by atoms with Crippen molar-refractivity contribution in [3.8, 4) is 5.75 Å². The third-order valence-electron chi connectivity index (χ3n) is 3.75. The lowest BCUT2D eigenvalue weighted by Gasteiger charge is -2.10. The Kier molecular flexibility index (Phi) is 4.63. The molecule has 0 unspecified atom stereocenters. The van der Waals surface area contributed by atoms with Crippen molar-refractivity contribution in [3.05, 3.63) is 47.2 Å². The second kappa shape index (κ2) is 6.83. The molecule has 0 atom stereocenters. The lowest BCUT2D eigenvalue weighted by Crippen LogP contribution is -2.32. The van der Waals surface area contributed by atoms with Gasteiger partial charge in [-0.1, -0.05) is 36.6 Å². The Morgan fingerprint density at radius 1 is 1.32 bits per heavy atom. The number of nitrogens with zero attached hydrogens (tertiary/aromatic N) is 2. The highest BCUT2D eigenvalue weighted by Gasteiger charge is 2.19. The van der Waals surface area contributed by atoms with Gasteiger partial charge in [0.2, 0.25) is 0 Å². The molecule has 3 rings (SSSR count). The van der Waals surface area contributed by atoms with Gasteiger partial charge in [-0.2, -0.15) is 5.10 Å². The smallest absolute Gasteiger partial charge is 0.271 e. The zero-order chi connectivity index (χ0) is 15.4. The van der Waals surface area contributed by atoms with E-state index in [4.69, 9.17) is 16.3 Å². The van der Waals surface area contributed by atoms with Crippen LogP contribution < -0.4 is 10.1 Å². The molecule has 1 aromatic heterocycles. The minimum Gasteiger partial charge on any atom is -0.470 e. The molecular formula is C16H18ClN3O2. The summed E-state index contributed by atoms with van der Waals surface area (Å²) in [6.07, 6.45) is 6.21. The first-order valence-corrected chi connectivity index (χ1v) is 7.82. The number of aromatic nitrogens is 2. The van der Waals surface area contributed by atoms with Crippen LogP contribution >= 0.6 is 11.6 Å². The van der Waals surface area contributed by atoms with E-state index in [1.807, 2.05) is 12.1 Å². The number of rotatable bonds is 5. The summed E-state index contributed by atoms with van der Waals surface area (Å²) in [6.45, 7) is 0.209. The molecule has 0 bridgehead atoms. The molecule has 0 radical (unpaired) electrons. The van der Waals surface area contributed by atoms with Crippen molar-refractivity contribution in [2.45, 2.75) is 38.5 Å². The first-order chi connectivity index (χ1) is 10.7. The highest BCUT2D eigenvalue weighted by atomic mass is 35.5. The molecule has 6 heteroatoms. The zero-order valence-electron chi connectivity index (χ0n) is 12.2. The van der Waals surface area contributed by atoms with E-state index in [2.05, 4.69) is 10.4 Å². The first-order valence-electron chi connectivity index (χ1n) is 7.44. The molecule has 1 aromatic carbocycles. The number of hydrogen-bond acceptors (Lipinski definition) is 3. The van der Waals surface area contributed by atoms with Crippen molar-refractivity contribution < 1.29 is 9.53 Å². The Labute approximate surface area is 134 Å². The molecule has 0 aliphatic heterocycles. The summed E-state index contributed by atoms with van der Waals surface area (Å²) >= 11 is 6.02. The van der Waals surface area contributed by atoms with Crippen LogP contribution in [0.2, 0.25) is 5.02 Å². The number of benzene rings is 1. The van der Waals surface area contributed by atoms with E-state index < -0.39 is 0 Å². The largest absolute Gasteiger partial charge is 0.470 e. The van der Waals surface area contributed by atoms with Gasteiger partial charge in [-0.3, -0.25) is 4.79 Å². The van der Waals surface area contributed by atoms with Gasteiger partial charge in [-0.25, -0.2) is 4.68 Å². The molecule has 116 valence electrons. The van der Waals surface area contributed by atoms with Gasteiger partial charge in [0, 0.05) is 12.2 Å². The van der Waals surface area contributed by atoms with Crippen LogP contribution in [0.4, 0.5) is 0 Å². The molecule has 1 fully saturated rings. The van der Waals surface area contributed by atoms with E-state index in [9.17, 15) is 4.79 Å². The summed E-state index contributed by atoms with van der Waals surface area (Å²) in [5.74, 6) is 0.472. The van der Waals surface area contributed by atoms with Gasteiger partial charge in [0.1, 0.15) is 11.4 Å². The zero-order valence-corrected chi connectivity index (χ0v) is 12.9. The van der Waals surface area contributed by atoms with Gasteiger partial charge >= 0.3 is 0 Å². The predicted octanol–water partition coefficient (Wildman–Crippen LogP) is 3.25. The molecule has 2 aromatic rings. The van der Waals surface area contributed by atoms with Gasteiger partial charge in [-0.05, 0) is 31.0 Å². The van der Waals surface area contributed by atoms with Crippen LogP contribution in [0.25, 0.3) is 0 Å². The van der Waals surface area contributed by atoms with Gasteiger partial charge in [-0.15, -0.1) is 0 Å². The Bertz CT molecular complexity index is 650. The molecule has 5 nitrogen and oxygen atoms in total. The van der Waals surface area contributed by atoms with Crippen LogP contribution in [0.5, 0.6) is 5.75 Å². The maximum Gasteiger partial charge on any atom is 0.271 e. The Balaban J connectivity index is 1.56. The Morgan fingerprint density at radius 2 is 2.09 bits per heavy atom. The van der Waals surface area contributed by atoms with Crippen LogP contribution in [0.15, 0.2) is 36.5 Å². The summed E-state index contributed by atoms with van der Waals surface area (Å²) in [6, 6.07) is 9.23. The third-order valence-corrected chi connectivity index (χ3v) is 4.06. The lowest BCUT2D eigenvalue weighted by atomic mass is 10.2. The summed E-state index contributed by atoms with van der Waals surface area (Å²) in [5.41, 5.74) is 0.412.